The summed E-state index contributed by atoms with van der Waals surface area (Å²) >= 11 is 0. The van der Waals surface area contributed by atoms with Crippen LogP contribution < -0.4 is 10.5 Å². The summed E-state index contributed by atoms with van der Waals surface area (Å²) in [5.74, 6) is -0.195. The third kappa shape index (κ3) is 4.44. The molecular formula is C22H24N4O3S. The van der Waals surface area contributed by atoms with E-state index in [4.69, 9.17) is 5.14 Å². The molecular weight excluding hydrogens is 400 g/mol. The fourth-order valence-corrected chi connectivity index (χ4v) is 4.30. The first-order valence-electron chi connectivity index (χ1n) is 10.0. The lowest BCUT2D eigenvalue weighted by Gasteiger charge is -2.22. The van der Waals surface area contributed by atoms with E-state index in [0.29, 0.717) is 11.4 Å². The van der Waals surface area contributed by atoms with Crippen molar-refractivity contribution in [3.63, 3.8) is 0 Å². The van der Waals surface area contributed by atoms with E-state index in [2.05, 4.69) is 10.4 Å². The molecule has 1 aliphatic carbocycles. The Bertz CT molecular complexity index is 1130. The van der Waals surface area contributed by atoms with Crippen molar-refractivity contribution in [1.82, 2.24) is 15.1 Å². The highest BCUT2D eigenvalue weighted by atomic mass is 32.2. The Morgan fingerprint density at radius 3 is 2.30 bits per heavy atom. The van der Waals surface area contributed by atoms with Gasteiger partial charge in [-0.25, -0.2) is 18.2 Å². The van der Waals surface area contributed by atoms with Gasteiger partial charge in [0.15, 0.2) is 5.69 Å². The molecule has 0 radical (unpaired) electrons. The number of rotatable bonds is 5. The van der Waals surface area contributed by atoms with Crippen LogP contribution in [0.4, 0.5) is 0 Å². The summed E-state index contributed by atoms with van der Waals surface area (Å²) in [5, 5.41) is 12.8. The smallest absolute Gasteiger partial charge is 0.272 e. The highest BCUT2D eigenvalue weighted by molar-refractivity contribution is 7.89. The third-order valence-corrected chi connectivity index (χ3v) is 6.29. The lowest BCUT2D eigenvalue weighted by molar-refractivity contribution is 0.0922. The van der Waals surface area contributed by atoms with Crippen molar-refractivity contribution in [2.24, 2.45) is 5.14 Å². The van der Waals surface area contributed by atoms with Gasteiger partial charge in [0.25, 0.3) is 5.91 Å². The molecule has 1 amide bonds. The molecule has 0 unspecified atom stereocenters. The standard InChI is InChI=1S/C22H24N4O3S/c23-30(28,29)19-13-11-18(12-14-19)26-21(16-7-3-1-4-8-16)15-20(25-26)22(27)24-17-9-5-2-6-10-17/h1,3-4,7-8,11-15,17H,2,5-6,9-10H2,(H,24,27)(H2,23,28,29). The van der Waals surface area contributed by atoms with Gasteiger partial charge in [-0.3, -0.25) is 4.79 Å². The monoisotopic (exact) mass is 424 g/mol. The van der Waals surface area contributed by atoms with Crippen LogP contribution in [0.3, 0.4) is 0 Å². The summed E-state index contributed by atoms with van der Waals surface area (Å²) in [6.07, 6.45) is 5.46. The molecule has 1 aromatic heterocycles. The van der Waals surface area contributed by atoms with Crippen LogP contribution in [0.1, 0.15) is 42.6 Å². The van der Waals surface area contributed by atoms with Crippen LogP contribution in [-0.2, 0) is 10.0 Å². The van der Waals surface area contributed by atoms with Crippen LogP contribution in [0.2, 0.25) is 0 Å². The fraction of sp³-hybridized carbons (Fsp3) is 0.273. The molecule has 4 rings (SSSR count). The molecule has 1 aliphatic rings. The molecule has 2 aromatic carbocycles. The van der Waals surface area contributed by atoms with E-state index in [1.165, 1.54) is 18.6 Å². The van der Waals surface area contributed by atoms with Crippen LogP contribution in [0.5, 0.6) is 0 Å². The zero-order valence-corrected chi connectivity index (χ0v) is 17.3. The molecule has 1 saturated carbocycles. The Labute approximate surface area is 176 Å². The van der Waals surface area contributed by atoms with Gasteiger partial charge in [-0.15, -0.1) is 0 Å². The zero-order chi connectivity index (χ0) is 21.1. The molecule has 156 valence electrons. The third-order valence-electron chi connectivity index (χ3n) is 5.36. The van der Waals surface area contributed by atoms with E-state index < -0.39 is 10.0 Å². The summed E-state index contributed by atoms with van der Waals surface area (Å²) in [7, 11) is -3.78. The number of hydrogen-bond donors (Lipinski definition) is 2. The molecule has 0 aliphatic heterocycles. The van der Waals surface area contributed by atoms with Gasteiger partial charge in [0.2, 0.25) is 10.0 Å². The zero-order valence-electron chi connectivity index (χ0n) is 16.5. The Kier molecular flexibility index (Phi) is 5.69. The van der Waals surface area contributed by atoms with E-state index in [1.807, 2.05) is 30.3 Å². The highest BCUT2D eigenvalue weighted by Gasteiger charge is 2.21. The van der Waals surface area contributed by atoms with Gasteiger partial charge in [-0.1, -0.05) is 49.6 Å². The first-order chi connectivity index (χ1) is 14.4. The minimum absolute atomic E-state index is 0.0231. The number of hydrogen-bond acceptors (Lipinski definition) is 4. The number of carbonyl (C=O) groups is 1. The number of benzene rings is 2. The second-order valence-corrected chi connectivity index (χ2v) is 9.10. The van der Waals surface area contributed by atoms with Gasteiger partial charge in [0, 0.05) is 11.6 Å². The van der Waals surface area contributed by atoms with Crippen molar-refractivity contribution < 1.29 is 13.2 Å². The molecule has 8 heteroatoms. The van der Waals surface area contributed by atoms with Gasteiger partial charge in [-0.2, -0.15) is 5.10 Å². The Morgan fingerprint density at radius 1 is 1.00 bits per heavy atom. The second-order valence-electron chi connectivity index (χ2n) is 7.54. The molecule has 0 saturated heterocycles. The lowest BCUT2D eigenvalue weighted by atomic mass is 9.95. The maximum absolute atomic E-state index is 12.8. The molecule has 0 atom stereocenters. The van der Waals surface area contributed by atoms with Crippen molar-refractivity contribution in [2.45, 2.75) is 43.0 Å². The van der Waals surface area contributed by atoms with Crippen molar-refractivity contribution >= 4 is 15.9 Å². The molecule has 1 fully saturated rings. The van der Waals surface area contributed by atoms with Crippen LogP contribution in [0, 0.1) is 0 Å². The molecule has 30 heavy (non-hydrogen) atoms. The highest BCUT2D eigenvalue weighted by Crippen LogP contribution is 2.25. The van der Waals surface area contributed by atoms with Crippen molar-refractivity contribution in [2.75, 3.05) is 0 Å². The largest absolute Gasteiger partial charge is 0.348 e. The van der Waals surface area contributed by atoms with Crippen LogP contribution in [0.25, 0.3) is 16.9 Å². The number of nitrogens with zero attached hydrogens (tertiary/aromatic N) is 2. The maximum Gasteiger partial charge on any atom is 0.272 e. The summed E-state index contributed by atoms with van der Waals surface area (Å²) in [4.78, 5) is 12.9. The number of sulfonamides is 1. The van der Waals surface area contributed by atoms with E-state index in [0.717, 1.165) is 36.9 Å². The molecule has 7 nitrogen and oxygen atoms in total. The SMILES string of the molecule is NS(=O)(=O)c1ccc(-n2nc(C(=O)NC3CCCCC3)cc2-c2ccccc2)cc1. The Morgan fingerprint density at radius 2 is 1.67 bits per heavy atom. The Hall–Kier alpha value is -2.97. The molecule has 3 N–H and O–H groups in total. The number of nitrogens with one attached hydrogen (secondary N) is 1. The van der Waals surface area contributed by atoms with Crippen molar-refractivity contribution in [1.29, 1.82) is 0 Å². The average molecular weight is 425 g/mol. The predicted octanol–water partition coefficient (Wildman–Crippen LogP) is 3.25. The average Bonchev–Trinajstić information content (AvgIpc) is 3.20. The predicted molar refractivity (Wildman–Crippen MR) is 115 cm³/mol. The van der Waals surface area contributed by atoms with Crippen LogP contribution in [-0.4, -0.2) is 30.1 Å². The summed E-state index contributed by atoms with van der Waals surface area (Å²) in [6.45, 7) is 0. The lowest BCUT2D eigenvalue weighted by Crippen LogP contribution is -2.36. The van der Waals surface area contributed by atoms with Gasteiger partial charge < -0.3 is 5.32 Å². The quantitative estimate of drug-likeness (QED) is 0.655. The summed E-state index contributed by atoms with van der Waals surface area (Å²) in [5.41, 5.74) is 2.61. The number of carbonyl (C=O) groups excluding carboxylic acids is 1. The normalized spacial score (nSPS) is 15.1. The van der Waals surface area contributed by atoms with Gasteiger partial charge in [0.1, 0.15) is 0 Å². The summed E-state index contributed by atoms with van der Waals surface area (Å²) < 4.78 is 24.8. The number of amides is 1. The number of nitrogens with two attached hydrogens (primary N) is 1. The van der Waals surface area contributed by atoms with Crippen molar-refractivity contribution in [3.05, 3.63) is 66.4 Å². The van der Waals surface area contributed by atoms with Gasteiger partial charge in [0.05, 0.1) is 16.3 Å². The van der Waals surface area contributed by atoms with Crippen LogP contribution in [0.15, 0.2) is 65.6 Å². The molecule has 0 bridgehead atoms. The second kappa shape index (κ2) is 8.41. The first kappa shape index (κ1) is 20.3. The van der Waals surface area contributed by atoms with E-state index in [1.54, 1.807) is 22.9 Å². The topological polar surface area (TPSA) is 107 Å². The minimum Gasteiger partial charge on any atom is -0.348 e. The molecule has 3 aromatic rings. The van der Waals surface area contributed by atoms with Gasteiger partial charge in [-0.05, 0) is 43.2 Å². The van der Waals surface area contributed by atoms with Gasteiger partial charge >= 0.3 is 0 Å². The number of aromatic nitrogens is 2. The molecule has 0 spiro atoms. The molecule has 1 heterocycles. The van der Waals surface area contributed by atoms with E-state index in [9.17, 15) is 13.2 Å². The van der Waals surface area contributed by atoms with E-state index >= 15 is 0 Å². The number of primary sulfonamides is 1. The summed E-state index contributed by atoms with van der Waals surface area (Å²) in [6, 6.07) is 17.7. The minimum atomic E-state index is -3.78. The first-order valence-corrected chi connectivity index (χ1v) is 11.6. The van der Waals surface area contributed by atoms with E-state index in [-0.39, 0.29) is 16.8 Å². The maximum atomic E-state index is 12.8. The van der Waals surface area contributed by atoms with Crippen molar-refractivity contribution in [3.8, 4) is 16.9 Å². The Balaban J connectivity index is 1.70. The fourth-order valence-electron chi connectivity index (χ4n) is 3.79. The van der Waals surface area contributed by atoms with Crippen LogP contribution >= 0.6 is 0 Å².